The molecule has 1 fully saturated rings. The van der Waals surface area contributed by atoms with Crippen LogP contribution in [-0.4, -0.2) is 22.4 Å². The summed E-state index contributed by atoms with van der Waals surface area (Å²) in [5.41, 5.74) is 0. The highest BCUT2D eigenvalue weighted by molar-refractivity contribution is 6.32. The smallest absolute Gasteiger partial charge is 0.237 e. The topological polar surface area (TPSA) is 52.1 Å². The van der Waals surface area contributed by atoms with E-state index in [1.807, 2.05) is 0 Å². The van der Waals surface area contributed by atoms with Crippen molar-refractivity contribution in [3.8, 4) is 5.88 Å². The number of Topliss-reactive ketones (excluding diaryl/α,β-unsaturated/α-hetero) is 1. The summed E-state index contributed by atoms with van der Waals surface area (Å²) in [5.74, 6) is 1.03. The Morgan fingerprint density at radius 1 is 1.35 bits per heavy atom. The fourth-order valence-electron chi connectivity index (χ4n) is 1.80. The van der Waals surface area contributed by atoms with Crippen LogP contribution in [0.25, 0.3) is 0 Å². The van der Waals surface area contributed by atoms with E-state index in [0.717, 1.165) is 12.8 Å². The molecule has 1 aliphatic rings. The highest BCUT2D eigenvalue weighted by atomic mass is 35.5. The molecule has 0 aliphatic heterocycles. The first-order chi connectivity index (χ1) is 8.15. The zero-order chi connectivity index (χ0) is 12.3. The van der Waals surface area contributed by atoms with Crippen molar-refractivity contribution >= 4 is 29.0 Å². The van der Waals surface area contributed by atoms with Crippen molar-refractivity contribution in [2.45, 2.75) is 25.7 Å². The second kappa shape index (κ2) is 5.65. The zero-order valence-electron chi connectivity index (χ0n) is 9.16. The summed E-state index contributed by atoms with van der Waals surface area (Å²) in [5, 5.41) is 0.463. The molecule has 0 radical (unpaired) electrons. The third kappa shape index (κ3) is 3.54. The van der Waals surface area contributed by atoms with E-state index < -0.39 is 0 Å². The van der Waals surface area contributed by atoms with Crippen LogP contribution in [0.5, 0.6) is 5.88 Å². The predicted molar refractivity (Wildman–Crippen MR) is 64.5 cm³/mol. The van der Waals surface area contributed by atoms with Gasteiger partial charge >= 0.3 is 0 Å². The maximum atomic E-state index is 11.1. The summed E-state index contributed by atoms with van der Waals surface area (Å²) >= 11 is 11.5. The largest absolute Gasteiger partial charge is 0.476 e. The average Bonchev–Trinajstić information content (AvgIpc) is 2.32. The number of aromatic nitrogens is 2. The minimum Gasteiger partial charge on any atom is -0.476 e. The zero-order valence-corrected chi connectivity index (χ0v) is 10.7. The van der Waals surface area contributed by atoms with Gasteiger partial charge in [0.25, 0.3) is 0 Å². The van der Waals surface area contributed by atoms with Crippen LogP contribution in [0.15, 0.2) is 6.20 Å². The summed E-state index contributed by atoms with van der Waals surface area (Å²) in [6.45, 7) is 0.514. The van der Waals surface area contributed by atoms with Gasteiger partial charge < -0.3 is 4.74 Å². The van der Waals surface area contributed by atoms with Gasteiger partial charge in [-0.3, -0.25) is 4.79 Å². The molecular formula is C11H12Cl2N2O2. The molecule has 1 aromatic heterocycles. The molecular weight excluding hydrogens is 263 g/mol. The molecule has 0 saturated heterocycles. The first-order valence-corrected chi connectivity index (χ1v) is 6.23. The minimum atomic E-state index is 0.114. The van der Waals surface area contributed by atoms with Crippen LogP contribution in [-0.2, 0) is 4.79 Å². The van der Waals surface area contributed by atoms with Crippen LogP contribution in [0.2, 0.25) is 10.3 Å². The molecule has 0 amide bonds. The molecule has 1 saturated carbocycles. The van der Waals surface area contributed by atoms with Crippen molar-refractivity contribution < 1.29 is 9.53 Å². The van der Waals surface area contributed by atoms with E-state index in [9.17, 15) is 4.79 Å². The van der Waals surface area contributed by atoms with E-state index in [1.54, 1.807) is 0 Å². The molecule has 1 heterocycles. The highest BCUT2D eigenvalue weighted by Crippen LogP contribution is 2.25. The van der Waals surface area contributed by atoms with E-state index >= 15 is 0 Å². The molecule has 1 aromatic rings. The molecule has 0 aromatic carbocycles. The first-order valence-electron chi connectivity index (χ1n) is 5.47. The van der Waals surface area contributed by atoms with Crippen molar-refractivity contribution in [1.29, 1.82) is 0 Å². The molecule has 0 bridgehead atoms. The minimum absolute atomic E-state index is 0.114. The van der Waals surface area contributed by atoms with Gasteiger partial charge in [0.1, 0.15) is 10.8 Å². The second-order valence-electron chi connectivity index (χ2n) is 4.09. The Hall–Kier alpha value is -0.870. The van der Waals surface area contributed by atoms with Gasteiger partial charge in [0, 0.05) is 12.8 Å². The second-order valence-corrected chi connectivity index (χ2v) is 4.83. The molecule has 0 spiro atoms. The first kappa shape index (κ1) is 12.6. The molecule has 1 aliphatic carbocycles. The molecule has 17 heavy (non-hydrogen) atoms. The Kier molecular flexibility index (Phi) is 4.18. The van der Waals surface area contributed by atoms with Gasteiger partial charge in [0.05, 0.1) is 12.8 Å². The molecule has 6 heteroatoms. The standard InChI is InChI=1S/C11H12Cl2N2O2/c12-9-5-14-11(13)15-10(9)17-6-7-1-3-8(16)4-2-7/h5,7H,1-4,6H2. The van der Waals surface area contributed by atoms with Crippen molar-refractivity contribution in [2.24, 2.45) is 5.92 Å². The number of ether oxygens (including phenoxy) is 1. The SMILES string of the molecule is O=C1CCC(COc2nc(Cl)ncc2Cl)CC1. The summed E-state index contributed by atoms with van der Waals surface area (Å²) in [7, 11) is 0. The number of hydrogen-bond acceptors (Lipinski definition) is 4. The van der Waals surface area contributed by atoms with Gasteiger partial charge in [-0.25, -0.2) is 4.98 Å². The lowest BCUT2D eigenvalue weighted by molar-refractivity contribution is -0.121. The molecule has 92 valence electrons. The van der Waals surface area contributed by atoms with E-state index in [1.165, 1.54) is 6.20 Å². The summed E-state index contributed by atoms with van der Waals surface area (Å²) in [6.07, 6.45) is 4.44. The Morgan fingerprint density at radius 2 is 2.06 bits per heavy atom. The average molecular weight is 275 g/mol. The number of halogens is 2. The number of carbonyl (C=O) groups excluding carboxylic acids is 1. The molecule has 0 unspecified atom stereocenters. The monoisotopic (exact) mass is 274 g/mol. The number of nitrogens with zero attached hydrogens (tertiary/aromatic N) is 2. The lowest BCUT2D eigenvalue weighted by atomic mass is 9.89. The van der Waals surface area contributed by atoms with E-state index in [4.69, 9.17) is 27.9 Å². The van der Waals surface area contributed by atoms with Gasteiger partial charge in [-0.05, 0) is 30.4 Å². The van der Waals surface area contributed by atoms with Crippen LogP contribution < -0.4 is 4.74 Å². The maximum absolute atomic E-state index is 11.1. The maximum Gasteiger partial charge on any atom is 0.237 e. The van der Waals surface area contributed by atoms with Gasteiger partial charge in [0.15, 0.2) is 0 Å². The van der Waals surface area contributed by atoms with Crippen LogP contribution in [0.1, 0.15) is 25.7 Å². The third-order valence-electron chi connectivity index (χ3n) is 2.80. The van der Waals surface area contributed by atoms with Crippen molar-refractivity contribution in [1.82, 2.24) is 9.97 Å². The van der Waals surface area contributed by atoms with Crippen molar-refractivity contribution in [2.75, 3.05) is 6.61 Å². The van der Waals surface area contributed by atoms with Crippen LogP contribution in [0, 0.1) is 5.92 Å². The quantitative estimate of drug-likeness (QED) is 0.796. The lowest BCUT2D eigenvalue weighted by Gasteiger charge is -2.20. The Balaban J connectivity index is 1.89. The Bertz CT molecular complexity index is 416. The van der Waals surface area contributed by atoms with Crippen molar-refractivity contribution in [3.05, 3.63) is 16.5 Å². The van der Waals surface area contributed by atoms with Gasteiger partial charge in [-0.1, -0.05) is 11.6 Å². The molecule has 2 rings (SSSR count). The Labute approximate surface area is 109 Å². The van der Waals surface area contributed by atoms with Crippen LogP contribution >= 0.6 is 23.2 Å². The van der Waals surface area contributed by atoms with Gasteiger partial charge in [0.2, 0.25) is 11.2 Å². The third-order valence-corrected chi connectivity index (χ3v) is 3.24. The fraction of sp³-hybridized carbons (Fsp3) is 0.545. The van der Waals surface area contributed by atoms with Gasteiger partial charge in [-0.15, -0.1) is 0 Å². The molecule has 0 atom stereocenters. The van der Waals surface area contributed by atoms with Crippen LogP contribution in [0.4, 0.5) is 0 Å². The van der Waals surface area contributed by atoms with Crippen molar-refractivity contribution in [3.63, 3.8) is 0 Å². The number of carbonyl (C=O) groups is 1. The molecule has 0 N–H and O–H groups in total. The molecule has 4 nitrogen and oxygen atoms in total. The number of rotatable bonds is 3. The lowest BCUT2D eigenvalue weighted by Crippen LogP contribution is -2.20. The van der Waals surface area contributed by atoms with Gasteiger partial charge in [-0.2, -0.15) is 4.98 Å². The fourth-order valence-corrected chi connectivity index (χ4v) is 2.07. The predicted octanol–water partition coefficient (Wildman–Crippen LogP) is 2.92. The summed E-state index contributed by atoms with van der Waals surface area (Å²) in [4.78, 5) is 18.7. The number of ketones is 1. The summed E-state index contributed by atoms with van der Waals surface area (Å²) in [6, 6.07) is 0. The number of hydrogen-bond donors (Lipinski definition) is 0. The van der Waals surface area contributed by atoms with E-state index in [2.05, 4.69) is 9.97 Å². The Morgan fingerprint density at radius 3 is 2.76 bits per heavy atom. The normalized spacial score (nSPS) is 17.2. The highest BCUT2D eigenvalue weighted by Gasteiger charge is 2.19. The van der Waals surface area contributed by atoms with E-state index in [-0.39, 0.29) is 5.28 Å². The van der Waals surface area contributed by atoms with Crippen LogP contribution in [0.3, 0.4) is 0 Å². The summed E-state index contributed by atoms with van der Waals surface area (Å²) < 4.78 is 5.51. The van der Waals surface area contributed by atoms with E-state index in [0.29, 0.717) is 42.1 Å².